The minimum atomic E-state index is -0.931. The summed E-state index contributed by atoms with van der Waals surface area (Å²) >= 11 is 0. The molecule has 0 aliphatic heterocycles. The van der Waals surface area contributed by atoms with Crippen molar-refractivity contribution < 1.29 is 39.5 Å². The van der Waals surface area contributed by atoms with Crippen LogP contribution in [0.2, 0.25) is 0 Å². The number of hydrogen-bond donors (Lipinski definition) is 2. The summed E-state index contributed by atoms with van der Waals surface area (Å²) in [6.45, 7) is 42.2. The molecule has 2 unspecified atom stereocenters. The van der Waals surface area contributed by atoms with Gasteiger partial charge in [0, 0.05) is 5.57 Å². The third-order valence-corrected chi connectivity index (χ3v) is 5.54. The van der Waals surface area contributed by atoms with Crippen LogP contribution in [0.1, 0.15) is 118 Å². The number of hydrogen-bond acceptors (Lipinski definition) is 8. The van der Waals surface area contributed by atoms with Crippen LogP contribution in [0.25, 0.3) is 0 Å². The molecule has 0 rings (SSSR count). The van der Waals surface area contributed by atoms with Crippen molar-refractivity contribution in [1.82, 2.24) is 0 Å². The first kappa shape index (κ1) is 67.5. The normalized spacial score (nSPS) is 10.8. The fourth-order valence-electron chi connectivity index (χ4n) is 2.24. The van der Waals surface area contributed by atoms with Crippen LogP contribution in [0.4, 0.5) is 0 Å². The van der Waals surface area contributed by atoms with Crippen LogP contribution >= 0.6 is 0 Å². The van der Waals surface area contributed by atoms with Gasteiger partial charge in [-0.3, -0.25) is 9.59 Å². The van der Waals surface area contributed by atoms with Crippen molar-refractivity contribution in [2.45, 2.75) is 141 Å². The fraction of sp³-hybridized carbons (Fsp3) is 0.440. The van der Waals surface area contributed by atoms with E-state index in [1.165, 1.54) is 11.6 Å². The molecule has 0 saturated carbocycles. The molecule has 0 aliphatic rings. The highest BCUT2D eigenvalue weighted by Crippen LogP contribution is 2.11. The van der Waals surface area contributed by atoms with Crippen molar-refractivity contribution in [2.75, 3.05) is 0 Å². The van der Waals surface area contributed by atoms with Gasteiger partial charge in [-0.25, -0.2) is 0 Å². The largest absolute Gasteiger partial charge is 0.870 e. The number of rotatable bonds is 13. The number of aliphatic hydroxyl groups is 2. The van der Waals surface area contributed by atoms with Gasteiger partial charge < -0.3 is 30.0 Å². The maximum absolute atomic E-state index is 10.4. The fourth-order valence-corrected chi connectivity index (χ4v) is 2.24. The SMILES string of the molecule is C#CC(C)(C)O.C#CC(C)(C)O/C=C/C(=C)C.C#CC(C)(C)OC(O)C=C(C)C.C=C(C)/C(C=O)=C\C=C(C)C.C=C(C)C(C=O)C=C=C(C)C.CC(C)=CC=O.[OH-]. The van der Waals surface area contributed by atoms with Crippen LogP contribution in [0, 0.1) is 42.9 Å². The Morgan fingerprint density at radius 2 is 1.16 bits per heavy atom. The molecular formula is C50H75O8-. The van der Waals surface area contributed by atoms with Crippen LogP contribution in [-0.2, 0) is 23.9 Å². The van der Waals surface area contributed by atoms with Crippen LogP contribution < -0.4 is 0 Å². The number of aliphatic hydroxyl groups excluding tert-OH is 1. The molecule has 0 bridgehead atoms. The zero-order valence-electron chi connectivity index (χ0n) is 38.7. The summed E-state index contributed by atoms with van der Waals surface area (Å²) in [5.74, 6) is 6.93. The van der Waals surface area contributed by atoms with Crippen molar-refractivity contribution in [2.24, 2.45) is 5.92 Å². The second-order valence-electron chi connectivity index (χ2n) is 15.0. The minimum absolute atomic E-state index is 0. The molecule has 0 aromatic heterocycles. The first-order chi connectivity index (χ1) is 25.8. The molecule has 0 heterocycles. The Hall–Kier alpha value is -5.23. The number of carbonyl (C=O) groups excluding carboxylic acids is 3. The highest BCUT2D eigenvalue weighted by atomic mass is 16.6. The molecule has 0 fully saturated rings. The van der Waals surface area contributed by atoms with Crippen molar-refractivity contribution in [1.29, 1.82) is 0 Å². The number of carbonyl (C=O) groups is 3. The van der Waals surface area contributed by atoms with E-state index < -0.39 is 23.1 Å². The number of allylic oxidation sites excluding steroid dienone is 12. The minimum Gasteiger partial charge on any atom is -0.870 e. The van der Waals surface area contributed by atoms with E-state index in [9.17, 15) is 19.5 Å². The highest BCUT2D eigenvalue weighted by Gasteiger charge is 2.17. The summed E-state index contributed by atoms with van der Waals surface area (Å²) < 4.78 is 10.4. The van der Waals surface area contributed by atoms with Crippen molar-refractivity contribution in [3.05, 3.63) is 113 Å². The topological polar surface area (TPSA) is 140 Å². The summed E-state index contributed by atoms with van der Waals surface area (Å²) in [6.07, 6.45) is 28.7. The summed E-state index contributed by atoms with van der Waals surface area (Å²) in [5, 5.41) is 17.9. The van der Waals surface area contributed by atoms with E-state index in [4.69, 9.17) is 33.9 Å². The lowest BCUT2D eigenvalue weighted by Gasteiger charge is -2.21. The van der Waals surface area contributed by atoms with Gasteiger partial charge in [0.1, 0.15) is 30.1 Å². The molecule has 8 nitrogen and oxygen atoms in total. The van der Waals surface area contributed by atoms with E-state index in [1.54, 1.807) is 58.3 Å². The van der Waals surface area contributed by atoms with Gasteiger partial charge in [-0.15, -0.1) is 25.0 Å². The van der Waals surface area contributed by atoms with Crippen LogP contribution in [0.15, 0.2) is 113 Å². The molecular weight excluding hydrogens is 729 g/mol. The molecule has 3 N–H and O–H groups in total. The smallest absolute Gasteiger partial charge is 0.176 e. The monoisotopic (exact) mass is 804 g/mol. The van der Waals surface area contributed by atoms with Crippen LogP contribution in [-0.4, -0.2) is 57.6 Å². The van der Waals surface area contributed by atoms with Gasteiger partial charge in [0.25, 0.3) is 0 Å². The molecule has 0 aromatic rings. The average molecular weight is 804 g/mol. The molecule has 8 heteroatoms. The number of terminal acetylenes is 3. The van der Waals surface area contributed by atoms with Gasteiger partial charge in [0.05, 0.1) is 12.2 Å². The Morgan fingerprint density at radius 1 is 0.707 bits per heavy atom. The Morgan fingerprint density at radius 3 is 1.40 bits per heavy atom. The zero-order valence-corrected chi connectivity index (χ0v) is 38.7. The second-order valence-corrected chi connectivity index (χ2v) is 15.0. The molecule has 58 heavy (non-hydrogen) atoms. The lowest BCUT2D eigenvalue weighted by atomic mass is 10.0. The Labute approximate surface area is 354 Å². The summed E-state index contributed by atoms with van der Waals surface area (Å²) in [5.41, 5.74) is 8.35. The zero-order chi connectivity index (χ0) is 46.6. The summed E-state index contributed by atoms with van der Waals surface area (Å²) in [7, 11) is 0. The standard InChI is InChI=1S/C10H16O2.3C10H14O.2C5H8O.H2O/c1-6-10(4,5)12-9(11)7-8(2)3;2*1-8(2)5-6-10(7-11)9(3)4;1-6-10(4,5)11-8-7-9(2)3;1-5(2)3-4-6;1-4-5(2,3)6;/h1,7,9,11H,2-5H3;6-7,10H,3H2,1-2,4H3;5-7H,3H2,1-2,4H3;1,7-8H,2H2,3-5H3;3-4H,1-2H3;1,6H,2-3H3;1H2/p-1/b;;10-6-;8-7+;;;. The third kappa shape index (κ3) is 62.7. The van der Waals surface area contributed by atoms with Gasteiger partial charge in [0.15, 0.2) is 11.9 Å². The average Bonchev–Trinajstić information content (AvgIpc) is 3.05. The van der Waals surface area contributed by atoms with E-state index >= 15 is 0 Å². The molecule has 0 saturated heterocycles. The number of ether oxygens (including phenoxy) is 2. The van der Waals surface area contributed by atoms with Gasteiger partial charge in [-0.2, -0.15) is 0 Å². The van der Waals surface area contributed by atoms with E-state index in [0.29, 0.717) is 5.57 Å². The van der Waals surface area contributed by atoms with Crippen LogP contribution in [0.5, 0.6) is 0 Å². The van der Waals surface area contributed by atoms with Crippen LogP contribution in [0.3, 0.4) is 0 Å². The van der Waals surface area contributed by atoms with Gasteiger partial charge in [-0.05, 0) is 153 Å². The van der Waals surface area contributed by atoms with Crippen molar-refractivity contribution in [3.8, 4) is 37.0 Å². The molecule has 2 atom stereocenters. The Kier molecular flexibility index (Phi) is 45.0. The summed E-state index contributed by atoms with van der Waals surface area (Å²) in [6, 6.07) is 0. The first-order valence-electron chi connectivity index (χ1n) is 18.1. The molecule has 0 spiro atoms. The Balaban J connectivity index is -0.000000109. The predicted octanol–water partition coefficient (Wildman–Crippen LogP) is 10.7. The van der Waals surface area contributed by atoms with Gasteiger partial charge in [0.2, 0.25) is 0 Å². The quantitative estimate of drug-likeness (QED) is 0.0274. The van der Waals surface area contributed by atoms with Gasteiger partial charge in [-0.1, -0.05) is 77.5 Å². The second kappa shape index (κ2) is 38.6. The maximum Gasteiger partial charge on any atom is 0.176 e. The van der Waals surface area contributed by atoms with E-state index in [-0.39, 0.29) is 11.4 Å². The third-order valence-electron chi connectivity index (χ3n) is 5.54. The predicted molar refractivity (Wildman–Crippen MR) is 246 cm³/mol. The van der Waals surface area contributed by atoms with Gasteiger partial charge >= 0.3 is 0 Å². The number of aldehydes is 3. The maximum atomic E-state index is 10.4. The first-order valence-corrected chi connectivity index (χ1v) is 18.1. The lowest BCUT2D eigenvalue weighted by molar-refractivity contribution is -0.121. The summed E-state index contributed by atoms with van der Waals surface area (Å²) in [4.78, 5) is 30.4. The van der Waals surface area contributed by atoms with E-state index in [1.807, 2.05) is 96.1 Å². The van der Waals surface area contributed by atoms with Crippen molar-refractivity contribution in [3.63, 3.8) is 0 Å². The molecule has 0 radical (unpaired) electrons. The molecule has 0 aliphatic carbocycles. The molecule has 324 valence electrons. The van der Waals surface area contributed by atoms with Crippen molar-refractivity contribution >= 4 is 18.9 Å². The Bertz CT molecular complexity index is 1590. The highest BCUT2D eigenvalue weighted by molar-refractivity contribution is 5.80. The lowest BCUT2D eigenvalue weighted by Crippen LogP contribution is -2.27. The van der Waals surface area contributed by atoms with E-state index in [0.717, 1.165) is 52.3 Å². The molecule has 0 amide bonds. The van der Waals surface area contributed by atoms with E-state index in [2.05, 4.69) is 43.2 Å². The molecule has 0 aromatic carbocycles.